The number of fused-ring (bicyclic) bond motifs is 1. The molecule has 0 bridgehead atoms. The lowest BCUT2D eigenvalue weighted by molar-refractivity contribution is 0.186. The van der Waals surface area contributed by atoms with Crippen molar-refractivity contribution in [1.82, 2.24) is 19.9 Å². The summed E-state index contributed by atoms with van der Waals surface area (Å²) in [6.45, 7) is 4.35. The van der Waals surface area contributed by atoms with E-state index in [1.165, 1.54) is 5.56 Å². The number of nitrogen functional groups attached to an aromatic ring is 2. The SMILES string of the molecule is CCN(CCCc1cccnc1)C1CCc2nc(N)nc(N)c2C1. The van der Waals surface area contributed by atoms with Gasteiger partial charge in [-0.05, 0) is 56.8 Å². The van der Waals surface area contributed by atoms with Gasteiger partial charge in [0.15, 0.2) is 0 Å². The molecule has 2 aromatic rings. The van der Waals surface area contributed by atoms with Crippen LogP contribution in [0, 0.1) is 0 Å². The molecule has 0 saturated heterocycles. The van der Waals surface area contributed by atoms with Crippen molar-refractivity contribution in [2.75, 3.05) is 24.6 Å². The number of rotatable bonds is 6. The van der Waals surface area contributed by atoms with Crippen LogP contribution >= 0.6 is 0 Å². The third-order valence-corrected chi connectivity index (χ3v) is 4.85. The number of hydrogen-bond donors (Lipinski definition) is 2. The van der Waals surface area contributed by atoms with Gasteiger partial charge < -0.3 is 16.4 Å². The fourth-order valence-electron chi connectivity index (χ4n) is 3.58. The molecule has 1 atom stereocenters. The first-order chi connectivity index (χ1) is 11.7. The predicted molar refractivity (Wildman–Crippen MR) is 96.5 cm³/mol. The molecule has 0 amide bonds. The largest absolute Gasteiger partial charge is 0.383 e. The standard InChI is InChI=1S/C18H26N6/c1-2-24(10-4-6-13-5-3-9-21-12-13)14-7-8-16-15(11-14)17(19)23-18(20)22-16/h3,5,9,12,14H,2,4,6-8,10-11H2,1H3,(H4,19,20,22,23). The number of anilines is 2. The van der Waals surface area contributed by atoms with Crippen molar-refractivity contribution in [3.63, 3.8) is 0 Å². The van der Waals surface area contributed by atoms with E-state index in [-0.39, 0.29) is 5.95 Å². The number of aryl methyl sites for hydroxylation is 2. The van der Waals surface area contributed by atoms with Gasteiger partial charge in [0, 0.05) is 24.0 Å². The zero-order chi connectivity index (χ0) is 16.9. The summed E-state index contributed by atoms with van der Waals surface area (Å²) < 4.78 is 0. The van der Waals surface area contributed by atoms with Crippen LogP contribution in [0.25, 0.3) is 0 Å². The minimum Gasteiger partial charge on any atom is -0.383 e. The normalized spacial score (nSPS) is 17.0. The summed E-state index contributed by atoms with van der Waals surface area (Å²) in [5.74, 6) is 0.835. The molecule has 128 valence electrons. The van der Waals surface area contributed by atoms with Gasteiger partial charge in [-0.15, -0.1) is 0 Å². The number of likely N-dealkylation sites (N-methyl/N-ethyl adjacent to an activating group) is 1. The quantitative estimate of drug-likeness (QED) is 0.841. The smallest absolute Gasteiger partial charge is 0.222 e. The van der Waals surface area contributed by atoms with E-state index < -0.39 is 0 Å². The number of aromatic nitrogens is 3. The molecule has 4 N–H and O–H groups in total. The second-order valence-corrected chi connectivity index (χ2v) is 6.38. The highest BCUT2D eigenvalue weighted by Gasteiger charge is 2.26. The molecule has 0 saturated carbocycles. The minimum absolute atomic E-state index is 0.286. The lowest BCUT2D eigenvalue weighted by Gasteiger charge is -2.34. The number of hydrogen-bond acceptors (Lipinski definition) is 6. The Morgan fingerprint density at radius 1 is 1.29 bits per heavy atom. The van der Waals surface area contributed by atoms with Crippen molar-refractivity contribution in [2.24, 2.45) is 0 Å². The first kappa shape index (κ1) is 16.6. The average Bonchev–Trinajstić information content (AvgIpc) is 2.59. The Morgan fingerprint density at radius 3 is 2.92 bits per heavy atom. The molecular formula is C18H26N6. The van der Waals surface area contributed by atoms with E-state index >= 15 is 0 Å². The van der Waals surface area contributed by atoms with Crippen LogP contribution in [-0.2, 0) is 19.3 Å². The summed E-state index contributed by atoms with van der Waals surface area (Å²) in [5.41, 5.74) is 15.2. The van der Waals surface area contributed by atoms with Crippen LogP contribution in [-0.4, -0.2) is 39.0 Å². The highest BCUT2D eigenvalue weighted by molar-refractivity contribution is 5.47. The first-order valence-electron chi connectivity index (χ1n) is 8.71. The lowest BCUT2D eigenvalue weighted by atomic mass is 9.90. The molecule has 6 heteroatoms. The summed E-state index contributed by atoms with van der Waals surface area (Å²) in [5, 5.41) is 0. The molecule has 1 unspecified atom stereocenters. The van der Waals surface area contributed by atoms with Gasteiger partial charge in [0.05, 0.1) is 5.69 Å². The van der Waals surface area contributed by atoms with Gasteiger partial charge in [0.25, 0.3) is 0 Å². The lowest BCUT2D eigenvalue weighted by Crippen LogP contribution is -2.40. The van der Waals surface area contributed by atoms with Crippen molar-refractivity contribution < 1.29 is 0 Å². The molecule has 3 rings (SSSR count). The van der Waals surface area contributed by atoms with Crippen molar-refractivity contribution in [1.29, 1.82) is 0 Å². The molecule has 24 heavy (non-hydrogen) atoms. The molecule has 6 nitrogen and oxygen atoms in total. The molecule has 0 aliphatic heterocycles. The van der Waals surface area contributed by atoms with E-state index in [0.717, 1.165) is 56.5 Å². The molecule has 0 aromatic carbocycles. The van der Waals surface area contributed by atoms with Gasteiger partial charge in [-0.1, -0.05) is 13.0 Å². The number of nitrogens with two attached hydrogens (primary N) is 2. The van der Waals surface area contributed by atoms with Crippen molar-refractivity contribution in [3.05, 3.63) is 41.3 Å². The first-order valence-corrected chi connectivity index (χ1v) is 8.71. The Morgan fingerprint density at radius 2 is 2.17 bits per heavy atom. The van der Waals surface area contributed by atoms with E-state index in [9.17, 15) is 0 Å². The Hall–Kier alpha value is -2.21. The second-order valence-electron chi connectivity index (χ2n) is 6.38. The molecule has 0 fully saturated rings. The third-order valence-electron chi connectivity index (χ3n) is 4.85. The fraction of sp³-hybridized carbons (Fsp3) is 0.500. The van der Waals surface area contributed by atoms with Crippen LogP contribution in [0.15, 0.2) is 24.5 Å². The minimum atomic E-state index is 0.286. The maximum atomic E-state index is 6.07. The van der Waals surface area contributed by atoms with Gasteiger partial charge in [0.2, 0.25) is 5.95 Å². The predicted octanol–water partition coefficient (Wildman–Crippen LogP) is 1.85. The molecule has 0 radical (unpaired) electrons. The summed E-state index contributed by atoms with van der Waals surface area (Å²) in [6.07, 6.45) is 8.92. The maximum Gasteiger partial charge on any atom is 0.222 e. The number of nitrogens with zero attached hydrogens (tertiary/aromatic N) is 4. The summed E-state index contributed by atoms with van der Waals surface area (Å²) >= 11 is 0. The topological polar surface area (TPSA) is 94.0 Å². The van der Waals surface area contributed by atoms with Crippen LogP contribution in [0.1, 0.15) is 36.6 Å². The van der Waals surface area contributed by atoms with E-state index in [0.29, 0.717) is 11.9 Å². The van der Waals surface area contributed by atoms with Crippen LogP contribution < -0.4 is 11.5 Å². The van der Waals surface area contributed by atoms with E-state index in [2.05, 4.69) is 32.8 Å². The zero-order valence-corrected chi connectivity index (χ0v) is 14.3. The monoisotopic (exact) mass is 326 g/mol. The third kappa shape index (κ3) is 3.82. The summed E-state index contributed by atoms with van der Waals surface area (Å²) in [7, 11) is 0. The van der Waals surface area contributed by atoms with Gasteiger partial charge in [-0.25, -0.2) is 4.98 Å². The van der Waals surface area contributed by atoms with Gasteiger partial charge in [-0.3, -0.25) is 4.98 Å². The van der Waals surface area contributed by atoms with Crippen molar-refractivity contribution >= 4 is 11.8 Å². The van der Waals surface area contributed by atoms with Gasteiger partial charge in [-0.2, -0.15) is 4.98 Å². The molecule has 0 spiro atoms. The Bertz CT molecular complexity index is 673. The van der Waals surface area contributed by atoms with Crippen molar-refractivity contribution in [3.8, 4) is 0 Å². The molecular weight excluding hydrogens is 300 g/mol. The van der Waals surface area contributed by atoms with E-state index in [1.54, 1.807) is 0 Å². The highest BCUT2D eigenvalue weighted by atomic mass is 15.2. The molecule has 1 aliphatic rings. The van der Waals surface area contributed by atoms with E-state index in [4.69, 9.17) is 11.5 Å². The Labute approximate surface area is 143 Å². The Balaban J connectivity index is 1.60. The molecule has 1 aliphatic carbocycles. The highest BCUT2D eigenvalue weighted by Crippen LogP contribution is 2.27. The van der Waals surface area contributed by atoms with Crippen LogP contribution in [0.4, 0.5) is 11.8 Å². The second kappa shape index (κ2) is 7.57. The molecule has 2 aromatic heterocycles. The van der Waals surface area contributed by atoms with Gasteiger partial charge >= 0.3 is 0 Å². The van der Waals surface area contributed by atoms with Crippen LogP contribution in [0.5, 0.6) is 0 Å². The Kier molecular flexibility index (Phi) is 5.25. The average molecular weight is 326 g/mol. The van der Waals surface area contributed by atoms with E-state index in [1.807, 2.05) is 18.5 Å². The number of pyridine rings is 1. The van der Waals surface area contributed by atoms with Crippen molar-refractivity contribution in [2.45, 2.75) is 45.1 Å². The fourth-order valence-corrected chi connectivity index (χ4v) is 3.58. The summed E-state index contributed by atoms with van der Waals surface area (Å²) in [4.78, 5) is 15.2. The maximum absolute atomic E-state index is 6.07. The van der Waals surface area contributed by atoms with Crippen LogP contribution in [0.3, 0.4) is 0 Å². The molecule has 2 heterocycles. The zero-order valence-electron chi connectivity index (χ0n) is 14.3. The van der Waals surface area contributed by atoms with Gasteiger partial charge in [0.1, 0.15) is 5.82 Å². The summed E-state index contributed by atoms with van der Waals surface area (Å²) in [6, 6.07) is 4.65. The van der Waals surface area contributed by atoms with Crippen LogP contribution in [0.2, 0.25) is 0 Å².